The lowest BCUT2D eigenvalue weighted by Gasteiger charge is -2.01. The molecule has 1 N–H and O–H groups in total. The van der Waals surface area contributed by atoms with Gasteiger partial charge in [0.1, 0.15) is 18.1 Å². The van der Waals surface area contributed by atoms with E-state index in [1.165, 1.54) is 12.3 Å². The first kappa shape index (κ1) is 10.2. The second-order valence-corrected chi connectivity index (χ2v) is 2.56. The van der Waals surface area contributed by atoms with Gasteiger partial charge in [-0.1, -0.05) is 12.2 Å². The van der Waals surface area contributed by atoms with Crippen molar-refractivity contribution in [2.45, 2.75) is 6.92 Å². The smallest absolute Gasteiger partial charge is 0.354 e. The Morgan fingerprint density at radius 3 is 2.93 bits per heavy atom. The van der Waals surface area contributed by atoms with Gasteiger partial charge in [-0.25, -0.2) is 9.78 Å². The van der Waals surface area contributed by atoms with Crippen molar-refractivity contribution in [3.8, 4) is 5.75 Å². The minimum atomic E-state index is -1.04. The van der Waals surface area contributed by atoms with Crippen LogP contribution in [0.5, 0.6) is 5.75 Å². The highest BCUT2D eigenvalue weighted by Gasteiger charge is 2.02. The first-order chi connectivity index (χ1) is 6.74. The van der Waals surface area contributed by atoms with E-state index in [9.17, 15) is 4.79 Å². The molecule has 0 radical (unpaired) electrons. The summed E-state index contributed by atoms with van der Waals surface area (Å²) in [5, 5.41) is 8.58. The molecular formula is C10H11NO3. The standard InChI is InChI=1S/C10H11NO3/c1-2-3-6-14-8-4-5-9(10(12)13)11-7-8/h2-5,7H,6H2,1H3,(H,12,13)/b3-2+. The van der Waals surface area contributed by atoms with E-state index >= 15 is 0 Å². The summed E-state index contributed by atoms with van der Waals surface area (Å²) in [6.07, 6.45) is 5.12. The number of ether oxygens (including phenoxy) is 1. The van der Waals surface area contributed by atoms with Gasteiger partial charge in [0.2, 0.25) is 0 Å². The quantitative estimate of drug-likeness (QED) is 0.740. The molecule has 0 saturated heterocycles. The van der Waals surface area contributed by atoms with Crippen LogP contribution in [0.4, 0.5) is 0 Å². The van der Waals surface area contributed by atoms with Crippen molar-refractivity contribution in [2.24, 2.45) is 0 Å². The number of nitrogens with zero attached hydrogens (tertiary/aromatic N) is 1. The van der Waals surface area contributed by atoms with Crippen molar-refractivity contribution in [2.75, 3.05) is 6.61 Å². The van der Waals surface area contributed by atoms with Crippen molar-refractivity contribution in [1.82, 2.24) is 4.98 Å². The van der Waals surface area contributed by atoms with E-state index in [0.717, 1.165) is 0 Å². The van der Waals surface area contributed by atoms with E-state index in [4.69, 9.17) is 9.84 Å². The maximum atomic E-state index is 10.5. The third-order valence-corrected chi connectivity index (χ3v) is 1.54. The molecule has 0 aromatic carbocycles. The Morgan fingerprint density at radius 2 is 2.43 bits per heavy atom. The number of aromatic carboxylic acids is 1. The van der Waals surface area contributed by atoms with Crippen LogP contribution in [0.25, 0.3) is 0 Å². The lowest BCUT2D eigenvalue weighted by Crippen LogP contribution is -2.00. The van der Waals surface area contributed by atoms with Crippen LogP contribution in [0.1, 0.15) is 17.4 Å². The summed E-state index contributed by atoms with van der Waals surface area (Å²) in [4.78, 5) is 14.2. The Morgan fingerprint density at radius 1 is 1.64 bits per heavy atom. The fraction of sp³-hybridized carbons (Fsp3) is 0.200. The summed E-state index contributed by atoms with van der Waals surface area (Å²) in [6.45, 7) is 2.36. The van der Waals surface area contributed by atoms with Gasteiger partial charge >= 0.3 is 5.97 Å². The van der Waals surface area contributed by atoms with Gasteiger partial charge < -0.3 is 9.84 Å². The minimum absolute atomic E-state index is 0.0170. The van der Waals surface area contributed by atoms with Crippen molar-refractivity contribution in [3.63, 3.8) is 0 Å². The molecule has 0 atom stereocenters. The van der Waals surface area contributed by atoms with Gasteiger partial charge in [0.05, 0.1) is 6.20 Å². The molecule has 1 aromatic rings. The molecule has 0 aliphatic carbocycles. The first-order valence-electron chi connectivity index (χ1n) is 4.17. The topological polar surface area (TPSA) is 59.4 Å². The van der Waals surface area contributed by atoms with Crippen molar-refractivity contribution in [1.29, 1.82) is 0 Å². The zero-order valence-corrected chi connectivity index (χ0v) is 7.80. The molecular weight excluding hydrogens is 182 g/mol. The molecule has 4 nitrogen and oxygen atoms in total. The summed E-state index contributed by atoms with van der Waals surface area (Å²) >= 11 is 0. The molecule has 0 aliphatic heterocycles. The van der Waals surface area contributed by atoms with Gasteiger partial charge in [-0.2, -0.15) is 0 Å². The highest BCUT2D eigenvalue weighted by atomic mass is 16.5. The number of hydrogen-bond donors (Lipinski definition) is 1. The average Bonchev–Trinajstić information content (AvgIpc) is 2.19. The molecule has 4 heteroatoms. The van der Waals surface area contributed by atoms with Crippen LogP contribution in [0.3, 0.4) is 0 Å². The molecule has 14 heavy (non-hydrogen) atoms. The molecule has 0 fully saturated rings. The molecule has 0 amide bonds. The number of rotatable bonds is 4. The predicted molar refractivity (Wildman–Crippen MR) is 51.5 cm³/mol. The van der Waals surface area contributed by atoms with E-state index in [1.807, 2.05) is 19.1 Å². The summed E-state index contributed by atoms with van der Waals surface area (Å²) < 4.78 is 5.24. The zero-order chi connectivity index (χ0) is 10.4. The number of allylic oxidation sites excluding steroid dienone is 1. The molecule has 0 saturated carbocycles. The third kappa shape index (κ3) is 2.90. The largest absolute Gasteiger partial charge is 0.488 e. The van der Waals surface area contributed by atoms with E-state index in [2.05, 4.69) is 4.98 Å². The molecule has 0 bridgehead atoms. The number of carbonyl (C=O) groups is 1. The summed E-state index contributed by atoms with van der Waals surface area (Å²) in [6, 6.07) is 2.99. The summed E-state index contributed by atoms with van der Waals surface area (Å²) in [7, 11) is 0. The second-order valence-electron chi connectivity index (χ2n) is 2.56. The van der Waals surface area contributed by atoms with Gasteiger partial charge in [0.15, 0.2) is 0 Å². The molecule has 1 rings (SSSR count). The van der Waals surface area contributed by atoms with E-state index in [-0.39, 0.29) is 5.69 Å². The number of carboxylic acids is 1. The molecule has 0 unspecified atom stereocenters. The van der Waals surface area contributed by atoms with Crippen LogP contribution in [0, 0.1) is 0 Å². The lowest BCUT2D eigenvalue weighted by molar-refractivity contribution is 0.0690. The van der Waals surface area contributed by atoms with Crippen LogP contribution in [-0.2, 0) is 0 Å². The number of carboxylic acid groups (broad SMARTS) is 1. The maximum absolute atomic E-state index is 10.5. The van der Waals surface area contributed by atoms with Gasteiger partial charge in [0, 0.05) is 0 Å². The van der Waals surface area contributed by atoms with Crippen molar-refractivity contribution < 1.29 is 14.6 Å². The molecule has 0 spiro atoms. The van der Waals surface area contributed by atoms with Crippen LogP contribution < -0.4 is 4.74 Å². The Kier molecular flexibility index (Phi) is 3.67. The molecule has 1 heterocycles. The van der Waals surface area contributed by atoms with Gasteiger partial charge in [-0.3, -0.25) is 0 Å². The molecule has 0 aliphatic rings. The van der Waals surface area contributed by atoms with Crippen LogP contribution in [0.15, 0.2) is 30.5 Å². The lowest BCUT2D eigenvalue weighted by atomic mass is 10.3. The van der Waals surface area contributed by atoms with Crippen LogP contribution >= 0.6 is 0 Å². The van der Waals surface area contributed by atoms with Gasteiger partial charge in [-0.15, -0.1) is 0 Å². The fourth-order valence-corrected chi connectivity index (χ4v) is 0.833. The monoisotopic (exact) mass is 193 g/mol. The Labute approximate surface area is 81.9 Å². The normalized spacial score (nSPS) is 10.4. The summed E-state index contributed by atoms with van der Waals surface area (Å²) in [5.74, 6) is -0.474. The van der Waals surface area contributed by atoms with Crippen LogP contribution in [-0.4, -0.2) is 22.7 Å². The molecule has 74 valence electrons. The van der Waals surface area contributed by atoms with E-state index < -0.39 is 5.97 Å². The highest BCUT2D eigenvalue weighted by Crippen LogP contribution is 2.08. The number of hydrogen-bond acceptors (Lipinski definition) is 3. The van der Waals surface area contributed by atoms with E-state index in [0.29, 0.717) is 12.4 Å². The highest BCUT2D eigenvalue weighted by molar-refractivity contribution is 5.85. The maximum Gasteiger partial charge on any atom is 0.354 e. The Balaban J connectivity index is 2.59. The second kappa shape index (κ2) is 5.01. The zero-order valence-electron chi connectivity index (χ0n) is 7.80. The number of aromatic nitrogens is 1. The predicted octanol–water partition coefficient (Wildman–Crippen LogP) is 1.73. The van der Waals surface area contributed by atoms with E-state index in [1.54, 1.807) is 6.07 Å². The third-order valence-electron chi connectivity index (χ3n) is 1.54. The van der Waals surface area contributed by atoms with Crippen LogP contribution in [0.2, 0.25) is 0 Å². The Bertz CT molecular complexity index is 330. The average molecular weight is 193 g/mol. The van der Waals surface area contributed by atoms with Gasteiger partial charge in [0.25, 0.3) is 0 Å². The minimum Gasteiger partial charge on any atom is -0.488 e. The summed E-state index contributed by atoms with van der Waals surface area (Å²) in [5.41, 5.74) is 0.0170. The van der Waals surface area contributed by atoms with Crippen molar-refractivity contribution in [3.05, 3.63) is 36.2 Å². The van der Waals surface area contributed by atoms with Gasteiger partial charge in [-0.05, 0) is 19.1 Å². The fourth-order valence-electron chi connectivity index (χ4n) is 0.833. The number of pyridine rings is 1. The SMILES string of the molecule is C/C=C/COc1ccc(C(=O)O)nc1. The van der Waals surface area contributed by atoms with Crippen molar-refractivity contribution >= 4 is 5.97 Å². The first-order valence-corrected chi connectivity index (χ1v) is 4.17. The molecule has 1 aromatic heterocycles. The Hall–Kier alpha value is -1.84.